The molecule has 0 atom stereocenters. The summed E-state index contributed by atoms with van der Waals surface area (Å²) in [6.07, 6.45) is 6.60. The lowest BCUT2D eigenvalue weighted by molar-refractivity contribution is 0.0554. The molecule has 0 aliphatic heterocycles. The summed E-state index contributed by atoms with van der Waals surface area (Å²) in [6.45, 7) is 2.13. The first-order valence-corrected chi connectivity index (χ1v) is 5.09. The highest BCUT2D eigenvalue weighted by molar-refractivity contribution is 5.84. The van der Waals surface area contributed by atoms with Gasteiger partial charge in [0.15, 0.2) is 5.69 Å². The molecule has 0 aliphatic carbocycles. The lowest BCUT2D eigenvalue weighted by Gasteiger charge is -2.04. The average Bonchev–Trinajstić information content (AvgIpc) is 2.77. The van der Waals surface area contributed by atoms with Crippen molar-refractivity contribution in [2.24, 2.45) is 0 Å². The number of aromatic carboxylic acids is 1. The van der Waals surface area contributed by atoms with E-state index in [1.165, 1.54) is 10.7 Å². The van der Waals surface area contributed by atoms with Crippen LogP contribution >= 0.6 is 0 Å². The second-order valence-electron chi connectivity index (χ2n) is 3.14. The molecule has 92 valence electrons. The van der Waals surface area contributed by atoms with Crippen molar-refractivity contribution in [2.45, 2.75) is 6.54 Å². The third-order valence-electron chi connectivity index (χ3n) is 1.88. The minimum Gasteiger partial charge on any atom is -0.476 e. The molecule has 1 aromatic heterocycles. The van der Waals surface area contributed by atoms with E-state index >= 15 is 0 Å². The van der Waals surface area contributed by atoms with Crippen LogP contribution in [-0.4, -0.2) is 47.3 Å². The van der Waals surface area contributed by atoms with Crippen LogP contribution in [0, 0.1) is 12.3 Å². The molecule has 0 spiro atoms. The molecule has 1 N–H and O–H groups in total. The van der Waals surface area contributed by atoms with Gasteiger partial charge in [-0.1, -0.05) is 5.92 Å². The van der Waals surface area contributed by atoms with Crippen molar-refractivity contribution < 1.29 is 19.4 Å². The fourth-order valence-electron chi connectivity index (χ4n) is 1.11. The van der Waals surface area contributed by atoms with E-state index in [0.717, 1.165) is 0 Å². The number of carboxylic acids is 1. The van der Waals surface area contributed by atoms with Gasteiger partial charge in [0.1, 0.15) is 6.61 Å². The minimum absolute atomic E-state index is 0.0300. The van der Waals surface area contributed by atoms with Crippen molar-refractivity contribution in [2.75, 3.05) is 26.4 Å². The van der Waals surface area contributed by atoms with E-state index in [-0.39, 0.29) is 12.3 Å². The van der Waals surface area contributed by atoms with Crippen molar-refractivity contribution >= 4 is 5.97 Å². The molecule has 1 heterocycles. The second kappa shape index (κ2) is 7.44. The van der Waals surface area contributed by atoms with Crippen LogP contribution in [0.25, 0.3) is 0 Å². The minimum atomic E-state index is -1.03. The zero-order chi connectivity index (χ0) is 12.5. The number of ether oxygens (including phenoxy) is 2. The molecule has 6 nitrogen and oxygen atoms in total. The number of nitrogens with zero attached hydrogens (tertiary/aromatic N) is 2. The number of carboxylic acid groups (broad SMARTS) is 1. The smallest absolute Gasteiger partial charge is 0.356 e. The number of aromatic nitrogens is 2. The van der Waals surface area contributed by atoms with Gasteiger partial charge in [0, 0.05) is 6.20 Å². The lowest BCUT2D eigenvalue weighted by Crippen LogP contribution is -2.11. The monoisotopic (exact) mass is 238 g/mol. The predicted octanol–water partition coefficient (Wildman–Crippen LogP) is 0.248. The molecule has 0 amide bonds. The third kappa shape index (κ3) is 5.15. The van der Waals surface area contributed by atoms with Gasteiger partial charge in [-0.05, 0) is 6.07 Å². The lowest BCUT2D eigenvalue weighted by atomic mass is 10.5. The Kier molecular flexibility index (Phi) is 5.79. The normalized spacial score (nSPS) is 10.1. The SMILES string of the molecule is C#CCOCCOCCn1ccc(C(=O)O)n1. The summed E-state index contributed by atoms with van der Waals surface area (Å²) in [5, 5.41) is 12.5. The van der Waals surface area contributed by atoms with E-state index in [1.54, 1.807) is 6.20 Å². The van der Waals surface area contributed by atoms with Crippen LogP contribution in [0.1, 0.15) is 10.5 Å². The van der Waals surface area contributed by atoms with E-state index in [1.807, 2.05) is 0 Å². The van der Waals surface area contributed by atoms with E-state index < -0.39 is 5.97 Å². The van der Waals surface area contributed by atoms with Crippen LogP contribution < -0.4 is 0 Å². The van der Waals surface area contributed by atoms with Gasteiger partial charge < -0.3 is 14.6 Å². The van der Waals surface area contributed by atoms with Gasteiger partial charge in [0.05, 0.1) is 26.4 Å². The fourth-order valence-corrected chi connectivity index (χ4v) is 1.11. The number of carbonyl (C=O) groups is 1. The Balaban J connectivity index is 2.10. The molecule has 0 saturated carbocycles. The zero-order valence-corrected chi connectivity index (χ0v) is 9.33. The zero-order valence-electron chi connectivity index (χ0n) is 9.33. The van der Waals surface area contributed by atoms with E-state index in [4.69, 9.17) is 21.0 Å². The maximum atomic E-state index is 10.6. The van der Waals surface area contributed by atoms with Crippen LogP contribution in [0.4, 0.5) is 0 Å². The number of rotatable bonds is 8. The second-order valence-corrected chi connectivity index (χ2v) is 3.14. The largest absolute Gasteiger partial charge is 0.476 e. The van der Waals surface area contributed by atoms with Crippen LogP contribution in [0.15, 0.2) is 12.3 Å². The highest BCUT2D eigenvalue weighted by atomic mass is 16.5. The topological polar surface area (TPSA) is 73.6 Å². The molecule has 0 aromatic carbocycles. The number of terminal acetylenes is 1. The number of hydrogen-bond acceptors (Lipinski definition) is 4. The summed E-state index contributed by atoms with van der Waals surface area (Å²) in [6, 6.07) is 1.44. The molecule has 0 unspecified atom stereocenters. The maximum Gasteiger partial charge on any atom is 0.356 e. The molecule has 0 radical (unpaired) electrons. The third-order valence-corrected chi connectivity index (χ3v) is 1.88. The number of hydrogen-bond donors (Lipinski definition) is 1. The molecule has 0 saturated heterocycles. The molecular weight excluding hydrogens is 224 g/mol. The van der Waals surface area contributed by atoms with Crippen molar-refractivity contribution in [1.82, 2.24) is 9.78 Å². The Bertz CT molecular complexity index is 394. The Morgan fingerprint density at radius 1 is 1.47 bits per heavy atom. The summed E-state index contributed by atoms with van der Waals surface area (Å²) < 4.78 is 11.8. The molecule has 0 bridgehead atoms. The predicted molar refractivity (Wildman–Crippen MR) is 59.7 cm³/mol. The van der Waals surface area contributed by atoms with Gasteiger partial charge in [0.25, 0.3) is 0 Å². The van der Waals surface area contributed by atoms with Crippen LogP contribution in [-0.2, 0) is 16.0 Å². The first-order chi connectivity index (χ1) is 8.24. The summed E-state index contributed by atoms with van der Waals surface area (Å²) >= 11 is 0. The standard InChI is InChI=1S/C11H14N2O4/c1-2-6-16-8-9-17-7-5-13-4-3-10(12-13)11(14)15/h1,3-4H,5-9H2,(H,14,15). The molecule has 0 aliphatic rings. The molecule has 1 aromatic rings. The average molecular weight is 238 g/mol. The van der Waals surface area contributed by atoms with Crippen LogP contribution in [0.2, 0.25) is 0 Å². The highest BCUT2D eigenvalue weighted by Crippen LogP contribution is 1.95. The highest BCUT2D eigenvalue weighted by Gasteiger charge is 2.05. The molecule has 6 heteroatoms. The van der Waals surface area contributed by atoms with E-state index in [0.29, 0.717) is 26.4 Å². The van der Waals surface area contributed by atoms with E-state index in [2.05, 4.69) is 11.0 Å². The Morgan fingerprint density at radius 3 is 2.88 bits per heavy atom. The summed E-state index contributed by atoms with van der Waals surface area (Å²) in [5.74, 6) is 1.32. The van der Waals surface area contributed by atoms with Crippen molar-refractivity contribution in [3.8, 4) is 12.3 Å². The molecular formula is C11H14N2O4. The fraction of sp³-hybridized carbons (Fsp3) is 0.455. The van der Waals surface area contributed by atoms with Crippen LogP contribution in [0.5, 0.6) is 0 Å². The quantitative estimate of drug-likeness (QED) is 0.519. The van der Waals surface area contributed by atoms with E-state index in [9.17, 15) is 4.79 Å². The van der Waals surface area contributed by atoms with Gasteiger partial charge in [-0.2, -0.15) is 5.10 Å². The van der Waals surface area contributed by atoms with Gasteiger partial charge in [0.2, 0.25) is 0 Å². The van der Waals surface area contributed by atoms with Crippen LogP contribution in [0.3, 0.4) is 0 Å². The van der Waals surface area contributed by atoms with Gasteiger partial charge in [-0.25, -0.2) is 4.79 Å². The van der Waals surface area contributed by atoms with Crippen molar-refractivity contribution in [3.05, 3.63) is 18.0 Å². The molecule has 0 fully saturated rings. The molecule has 17 heavy (non-hydrogen) atoms. The van der Waals surface area contributed by atoms with Gasteiger partial charge in [-0.15, -0.1) is 6.42 Å². The Hall–Kier alpha value is -1.84. The summed E-state index contributed by atoms with van der Waals surface area (Å²) in [5.41, 5.74) is 0.0300. The van der Waals surface area contributed by atoms with Crippen molar-refractivity contribution in [3.63, 3.8) is 0 Å². The Morgan fingerprint density at radius 2 is 2.24 bits per heavy atom. The molecule has 1 rings (SSSR count). The van der Waals surface area contributed by atoms with Gasteiger partial charge in [-0.3, -0.25) is 4.68 Å². The van der Waals surface area contributed by atoms with Crippen molar-refractivity contribution in [1.29, 1.82) is 0 Å². The first-order valence-electron chi connectivity index (χ1n) is 5.09. The summed E-state index contributed by atoms with van der Waals surface area (Å²) in [7, 11) is 0. The first kappa shape index (κ1) is 13.2. The van der Waals surface area contributed by atoms with Gasteiger partial charge >= 0.3 is 5.97 Å². The Labute approximate surface area is 99.1 Å². The maximum absolute atomic E-state index is 10.6. The summed E-state index contributed by atoms with van der Waals surface area (Å²) in [4.78, 5) is 10.6.